The third-order valence-corrected chi connectivity index (χ3v) is 0.192. The van der Waals surface area contributed by atoms with Crippen molar-refractivity contribution in [1.29, 1.82) is 0 Å². The molecule has 0 aromatic heterocycles. The van der Waals surface area contributed by atoms with Gasteiger partial charge in [-0.1, -0.05) is 0 Å². The fourth-order valence-corrected chi connectivity index (χ4v) is 0.0393. The predicted molar refractivity (Wildman–Crippen MR) is 25.3 cm³/mol. The molecule has 0 aromatic carbocycles. The third kappa shape index (κ3) is 8.82. The van der Waals surface area contributed by atoms with Crippen LogP contribution in [0, 0.1) is 0 Å². The zero-order valence-electron chi connectivity index (χ0n) is 2.68. The summed E-state index contributed by atoms with van der Waals surface area (Å²) in [5.41, 5.74) is 0. The SMILES string of the molecule is O=CCC=O.[CaH2]. The van der Waals surface area contributed by atoms with Gasteiger partial charge < -0.3 is 9.59 Å². The van der Waals surface area contributed by atoms with E-state index in [1.54, 1.807) is 0 Å². The molecule has 0 aliphatic rings. The molecule has 0 aliphatic heterocycles. The molecule has 32 valence electrons. The molecule has 0 heterocycles. The van der Waals surface area contributed by atoms with E-state index in [4.69, 9.17) is 0 Å². The first-order valence-electron chi connectivity index (χ1n) is 1.29. The van der Waals surface area contributed by atoms with Crippen LogP contribution in [0.4, 0.5) is 0 Å². The number of carbonyl (C=O) groups excluding carboxylic acids is 2. The first-order valence-corrected chi connectivity index (χ1v) is 1.29. The Bertz CT molecular complexity index is 38.1. The second-order valence-electron chi connectivity index (χ2n) is 0.569. The first-order chi connectivity index (χ1) is 2.41. The number of aldehydes is 2. The van der Waals surface area contributed by atoms with Gasteiger partial charge in [0.05, 0.1) is 6.42 Å². The van der Waals surface area contributed by atoms with Crippen LogP contribution in [0.5, 0.6) is 0 Å². The van der Waals surface area contributed by atoms with Crippen molar-refractivity contribution >= 4 is 50.3 Å². The van der Waals surface area contributed by atoms with Gasteiger partial charge in [-0.2, -0.15) is 0 Å². The third-order valence-electron chi connectivity index (χ3n) is 0.192. The number of rotatable bonds is 2. The molecule has 0 bridgehead atoms. The second-order valence-corrected chi connectivity index (χ2v) is 0.569. The average molecular weight is 114 g/mol. The summed E-state index contributed by atoms with van der Waals surface area (Å²) in [5.74, 6) is 0. The molecule has 0 atom stereocenters. The van der Waals surface area contributed by atoms with E-state index >= 15 is 0 Å². The van der Waals surface area contributed by atoms with Gasteiger partial charge in [0.15, 0.2) is 0 Å². The molecule has 0 aromatic rings. The van der Waals surface area contributed by atoms with Crippen LogP contribution < -0.4 is 0 Å². The van der Waals surface area contributed by atoms with Crippen molar-refractivity contribution in [3.63, 3.8) is 0 Å². The Hall–Kier alpha value is 0.600. The molecule has 0 fully saturated rings. The van der Waals surface area contributed by atoms with Crippen LogP contribution in [0.3, 0.4) is 0 Å². The van der Waals surface area contributed by atoms with Crippen molar-refractivity contribution < 1.29 is 9.59 Å². The van der Waals surface area contributed by atoms with Crippen molar-refractivity contribution in [2.75, 3.05) is 0 Å². The van der Waals surface area contributed by atoms with Crippen molar-refractivity contribution in [2.24, 2.45) is 0 Å². The van der Waals surface area contributed by atoms with E-state index < -0.39 is 0 Å². The Morgan fingerprint density at radius 2 is 1.50 bits per heavy atom. The summed E-state index contributed by atoms with van der Waals surface area (Å²) in [5, 5.41) is 0. The Kier molecular flexibility index (Phi) is 14.9. The maximum atomic E-state index is 9.17. The quantitative estimate of drug-likeness (QED) is 0.258. The van der Waals surface area contributed by atoms with Gasteiger partial charge in [-0.15, -0.1) is 0 Å². The van der Waals surface area contributed by atoms with Gasteiger partial charge in [0.1, 0.15) is 12.6 Å². The van der Waals surface area contributed by atoms with E-state index in [1.807, 2.05) is 0 Å². The van der Waals surface area contributed by atoms with Crippen LogP contribution in [0.25, 0.3) is 0 Å². The minimum absolute atomic E-state index is 0. The van der Waals surface area contributed by atoms with Crippen molar-refractivity contribution in [3.05, 3.63) is 0 Å². The number of hydrogen-bond acceptors (Lipinski definition) is 2. The van der Waals surface area contributed by atoms with Crippen LogP contribution in [0.2, 0.25) is 0 Å². The van der Waals surface area contributed by atoms with E-state index in [9.17, 15) is 9.59 Å². The van der Waals surface area contributed by atoms with Gasteiger partial charge in [-0.3, -0.25) is 0 Å². The monoisotopic (exact) mass is 114 g/mol. The van der Waals surface area contributed by atoms with E-state index in [-0.39, 0.29) is 44.2 Å². The standard InChI is InChI=1S/C3H4O2.Ca.2H/c4-2-1-3-5;;;/h2-3H,1H2;;;. The molecule has 2 nitrogen and oxygen atoms in total. The zero-order valence-corrected chi connectivity index (χ0v) is 2.68. The van der Waals surface area contributed by atoms with Crippen LogP contribution >= 0.6 is 0 Å². The molecule has 0 unspecified atom stereocenters. The van der Waals surface area contributed by atoms with E-state index in [0.29, 0.717) is 12.6 Å². The molecule has 3 heteroatoms. The molecule has 0 rings (SSSR count). The van der Waals surface area contributed by atoms with Crippen LogP contribution in [-0.2, 0) is 9.59 Å². The molecule has 0 spiro atoms. The van der Waals surface area contributed by atoms with Crippen molar-refractivity contribution in [3.8, 4) is 0 Å². The number of carbonyl (C=O) groups is 2. The predicted octanol–water partition coefficient (Wildman–Crippen LogP) is -1.14. The summed E-state index contributed by atoms with van der Waals surface area (Å²) in [6, 6.07) is 0. The normalized spacial score (nSPS) is 5.33. The van der Waals surface area contributed by atoms with Crippen LogP contribution in [0.15, 0.2) is 0 Å². The fourth-order valence-electron chi connectivity index (χ4n) is 0.0393. The van der Waals surface area contributed by atoms with Crippen LogP contribution in [-0.4, -0.2) is 50.3 Å². The number of hydrogen-bond donors (Lipinski definition) is 0. The summed E-state index contributed by atoms with van der Waals surface area (Å²) in [7, 11) is 0. The van der Waals surface area contributed by atoms with Crippen LogP contribution in [0.1, 0.15) is 6.42 Å². The van der Waals surface area contributed by atoms with Gasteiger partial charge in [-0.05, 0) is 0 Å². The second kappa shape index (κ2) is 9.14. The summed E-state index contributed by atoms with van der Waals surface area (Å²) >= 11 is 0. The Morgan fingerprint density at radius 1 is 1.17 bits per heavy atom. The summed E-state index contributed by atoms with van der Waals surface area (Å²) in [6.07, 6.45) is 1.15. The van der Waals surface area contributed by atoms with Gasteiger partial charge >= 0.3 is 37.7 Å². The van der Waals surface area contributed by atoms with E-state index in [1.165, 1.54) is 0 Å². The van der Waals surface area contributed by atoms with Gasteiger partial charge in [0.2, 0.25) is 0 Å². The van der Waals surface area contributed by atoms with E-state index in [2.05, 4.69) is 0 Å². The Labute approximate surface area is 65.9 Å². The molecule has 0 N–H and O–H groups in total. The minimum atomic E-state index is 0. The summed E-state index contributed by atoms with van der Waals surface area (Å²) < 4.78 is 0. The molecule has 0 saturated carbocycles. The molecule has 0 amide bonds. The molecule has 0 aliphatic carbocycles. The topological polar surface area (TPSA) is 34.1 Å². The maximum absolute atomic E-state index is 9.17. The summed E-state index contributed by atoms with van der Waals surface area (Å²) in [6.45, 7) is 0. The van der Waals surface area contributed by atoms with Gasteiger partial charge in [0.25, 0.3) is 0 Å². The first kappa shape index (κ1) is 9.78. The molecular weight excluding hydrogens is 108 g/mol. The zero-order chi connectivity index (χ0) is 4.12. The fraction of sp³-hybridized carbons (Fsp3) is 0.333. The Balaban J connectivity index is 0. The molecule has 6 heavy (non-hydrogen) atoms. The Morgan fingerprint density at radius 3 is 1.50 bits per heavy atom. The van der Waals surface area contributed by atoms with Gasteiger partial charge in [0, 0.05) is 0 Å². The molecule has 0 saturated heterocycles. The van der Waals surface area contributed by atoms with E-state index in [0.717, 1.165) is 0 Å². The average Bonchev–Trinajstić information content (AvgIpc) is 1.41. The van der Waals surface area contributed by atoms with Crippen molar-refractivity contribution in [1.82, 2.24) is 0 Å². The molecular formula is C3H6CaO2. The summed E-state index contributed by atoms with van der Waals surface area (Å²) in [4.78, 5) is 18.3. The van der Waals surface area contributed by atoms with Gasteiger partial charge in [-0.25, -0.2) is 0 Å². The molecule has 0 radical (unpaired) electrons. The van der Waals surface area contributed by atoms with Crippen molar-refractivity contribution in [2.45, 2.75) is 6.42 Å².